The standard InChI is InChI=1S/C30H38ClN3O7S2Si/c1-33(17-23(35)24-7-6-12-41-24)18-25-29(43(38,39)19-40-13-14-44(3,4)5)26-28(42-25)27(36)22(16-34(26)2)30(37)32-15-20-8-10-21(31)11-9-20/h6-12,16,23,35H,13-15,17-19H2,1-5H3,(H,32,37)/t23-/m1/s1. The van der Waals surface area contributed by atoms with Crippen LogP contribution in [0.15, 0.2) is 63.0 Å². The molecular formula is C30H38ClN3O7S2Si. The maximum atomic E-state index is 13.8. The van der Waals surface area contributed by atoms with Crippen LogP contribution in [0.25, 0.3) is 10.2 Å². The molecule has 44 heavy (non-hydrogen) atoms. The zero-order chi connectivity index (χ0) is 32.2. The number of furan rings is 1. The number of amides is 1. The average Bonchev–Trinajstić information content (AvgIpc) is 3.62. The summed E-state index contributed by atoms with van der Waals surface area (Å²) >= 11 is 6.98. The van der Waals surface area contributed by atoms with Crippen LogP contribution in [0, 0.1) is 0 Å². The number of aromatic nitrogens is 1. The zero-order valence-corrected chi connectivity index (χ0v) is 28.8. The van der Waals surface area contributed by atoms with Gasteiger partial charge in [0.2, 0.25) is 15.3 Å². The van der Waals surface area contributed by atoms with Crippen molar-refractivity contribution in [3.8, 4) is 0 Å². The van der Waals surface area contributed by atoms with E-state index in [-0.39, 0.29) is 40.3 Å². The molecule has 0 aliphatic rings. The van der Waals surface area contributed by atoms with Crippen LogP contribution in [-0.4, -0.2) is 63.1 Å². The zero-order valence-electron chi connectivity index (χ0n) is 25.4. The monoisotopic (exact) mass is 679 g/mol. The Labute approximate surface area is 267 Å². The van der Waals surface area contributed by atoms with Crippen molar-refractivity contribution >= 4 is 57.0 Å². The molecule has 238 valence electrons. The number of thiophene rings is 1. The minimum absolute atomic E-state index is 0.00226. The predicted molar refractivity (Wildman–Crippen MR) is 176 cm³/mol. The fraction of sp³-hybridized carbons (Fsp3) is 0.400. The minimum Gasteiger partial charge on any atom is -0.467 e. The lowest BCUT2D eigenvalue weighted by atomic mass is 10.2. The number of halogens is 1. The second-order valence-electron chi connectivity index (χ2n) is 12.0. The molecule has 0 saturated carbocycles. The highest BCUT2D eigenvalue weighted by Gasteiger charge is 2.30. The summed E-state index contributed by atoms with van der Waals surface area (Å²) in [7, 11) is -2.10. The molecule has 0 aliphatic carbocycles. The van der Waals surface area contributed by atoms with Crippen LogP contribution in [0.2, 0.25) is 30.7 Å². The van der Waals surface area contributed by atoms with Gasteiger partial charge in [-0.15, -0.1) is 11.3 Å². The Bertz CT molecular complexity index is 1760. The molecule has 1 atom stereocenters. The molecule has 0 saturated heterocycles. The predicted octanol–water partition coefficient (Wildman–Crippen LogP) is 5.03. The third-order valence-electron chi connectivity index (χ3n) is 6.96. The van der Waals surface area contributed by atoms with Gasteiger partial charge in [0.25, 0.3) is 5.91 Å². The number of aliphatic hydroxyl groups is 1. The number of nitrogens with zero attached hydrogens (tertiary/aromatic N) is 2. The van der Waals surface area contributed by atoms with Gasteiger partial charge < -0.3 is 24.1 Å². The lowest BCUT2D eigenvalue weighted by molar-refractivity contribution is 0.0949. The van der Waals surface area contributed by atoms with Crippen molar-refractivity contribution in [2.45, 2.75) is 49.8 Å². The van der Waals surface area contributed by atoms with E-state index in [1.165, 1.54) is 17.0 Å². The van der Waals surface area contributed by atoms with Crippen LogP contribution in [0.5, 0.6) is 0 Å². The highest BCUT2D eigenvalue weighted by atomic mass is 35.5. The van der Waals surface area contributed by atoms with Crippen molar-refractivity contribution in [3.05, 3.63) is 85.9 Å². The largest absolute Gasteiger partial charge is 0.467 e. The Balaban J connectivity index is 1.68. The first-order valence-electron chi connectivity index (χ1n) is 14.0. The summed E-state index contributed by atoms with van der Waals surface area (Å²) in [5.41, 5.74) is 0.371. The Morgan fingerprint density at radius 3 is 2.57 bits per heavy atom. The number of carbonyl (C=O) groups is 1. The van der Waals surface area contributed by atoms with Crippen molar-refractivity contribution in [2.75, 3.05) is 26.1 Å². The number of ether oxygens (including phenoxy) is 1. The summed E-state index contributed by atoms with van der Waals surface area (Å²) in [5.74, 6) is -0.721. The number of pyridine rings is 1. The number of carbonyl (C=O) groups excluding carboxylic acids is 1. The molecule has 0 bridgehead atoms. The highest BCUT2D eigenvalue weighted by molar-refractivity contribution is 7.91. The lowest BCUT2D eigenvalue weighted by Crippen LogP contribution is -2.29. The van der Waals surface area contributed by atoms with Crippen LogP contribution in [0.4, 0.5) is 0 Å². The number of rotatable bonds is 14. The van der Waals surface area contributed by atoms with E-state index in [1.807, 2.05) is 0 Å². The first kappa shape index (κ1) is 34.1. The van der Waals surface area contributed by atoms with Crippen LogP contribution in [-0.2, 0) is 34.7 Å². The Kier molecular flexibility index (Phi) is 10.9. The third kappa shape index (κ3) is 8.47. The van der Waals surface area contributed by atoms with Crippen molar-refractivity contribution < 1.29 is 27.5 Å². The summed E-state index contributed by atoms with van der Waals surface area (Å²) in [6.45, 7) is 7.33. The molecule has 4 rings (SSSR count). The number of nitrogens with one attached hydrogen (secondary N) is 1. The first-order valence-corrected chi connectivity index (χ1v) is 20.6. The molecule has 3 heterocycles. The summed E-state index contributed by atoms with van der Waals surface area (Å²) in [6.07, 6.45) is 1.90. The van der Waals surface area contributed by atoms with Crippen LogP contribution in [0.1, 0.15) is 32.7 Å². The number of aliphatic hydroxyl groups excluding tert-OH is 1. The number of hydrogen-bond acceptors (Lipinski definition) is 9. The summed E-state index contributed by atoms with van der Waals surface area (Å²) in [5, 5.41) is 13.9. The topological polar surface area (TPSA) is 131 Å². The second-order valence-corrected chi connectivity index (χ2v) is 21.0. The van der Waals surface area contributed by atoms with E-state index >= 15 is 0 Å². The van der Waals surface area contributed by atoms with Gasteiger partial charge in [0.15, 0.2) is 5.94 Å². The van der Waals surface area contributed by atoms with Gasteiger partial charge in [-0.2, -0.15) is 0 Å². The maximum Gasteiger partial charge on any atom is 0.257 e. The second kappa shape index (κ2) is 14.1. The first-order chi connectivity index (χ1) is 20.7. The van der Waals surface area contributed by atoms with Gasteiger partial charge in [0.1, 0.15) is 27.0 Å². The summed E-state index contributed by atoms with van der Waals surface area (Å²) in [6, 6.07) is 11.1. The van der Waals surface area contributed by atoms with E-state index in [9.17, 15) is 23.1 Å². The SMILES string of the molecule is CN(Cc1sc2c(=O)c(C(=O)NCc3ccc(Cl)cc3)cn(C)c2c1S(=O)(=O)COCC[Si](C)(C)C)C[C@@H](O)c1ccco1. The van der Waals surface area contributed by atoms with Crippen molar-refractivity contribution in [2.24, 2.45) is 7.05 Å². The lowest BCUT2D eigenvalue weighted by Gasteiger charge is -2.20. The van der Waals surface area contributed by atoms with E-state index in [0.717, 1.165) is 22.9 Å². The molecule has 0 fully saturated rings. The van der Waals surface area contributed by atoms with Gasteiger partial charge in [-0.25, -0.2) is 8.42 Å². The quantitative estimate of drug-likeness (QED) is 0.140. The summed E-state index contributed by atoms with van der Waals surface area (Å²) in [4.78, 5) is 29.0. The van der Waals surface area contributed by atoms with Crippen LogP contribution in [0.3, 0.4) is 0 Å². The molecule has 0 spiro atoms. The molecule has 0 radical (unpaired) electrons. The molecule has 1 aromatic carbocycles. The van der Waals surface area contributed by atoms with E-state index in [4.69, 9.17) is 20.8 Å². The fourth-order valence-electron chi connectivity index (χ4n) is 4.61. The molecule has 1 amide bonds. The highest BCUT2D eigenvalue weighted by Crippen LogP contribution is 2.35. The number of benzene rings is 1. The van der Waals surface area contributed by atoms with Crippen LogP contribution < -0.4 is 10.7 Å². The number of aryl methyl sites for hydroxylation is 1. The van der Waals surface area contributed by atoms with E-state index in [0.29, 0.717) is 22.3 Å². The normalized spacial score (nSPS) is 13.1. The maximum absolute atomic E-state index is 13.8. The van der Waals surface area contributed by atoms with Crippen molar-refractivity contribution in [3.63, 3.8) is 0 Å². The molecule has 14 heteroatoms. The average molecular weight is 680 g/mol. The minimum atomic E-state index is -4.01. The smallest absolute Gasteiger partial charge is 0.257 e. The van der Waals surface area contributed by atoms with Crippen LogP contribution >= 0.6 is 22.9 Å². The molecule has 0 aliphatic heterocycles. The van der Waals surface area contributed by atoms with E-state index in [1.54, 1.807) is 55.4 Å². The Morgan fingerprint density at radius 1 is 1.23 bits per heavy atom. The van der Waals surface area contributed by atoms with Gasteiger partial charge in [-0.05, 0) is 42.9 Å². The molecule has 0 unspecified atom stereocenters. The molecule has 4 aromatic rings. The molecule has 10 nitrogen and oxygen atoms in total. The van der Waals surface area contributed by atoms with Gasteiger partial charge in [-0.1, -0.05) is 43.4 Å². The summed E-state index contributed by atoms with van der Waals surface area (Å²) < 4.78 is 40.3. The van der Waals surface area contributed by atoms with E-state index < -0.39 is 41.3 Å². The molecule has 2 N–H and O–H groups in total. The van der Waals surface area contributed by atoms with Gasteiger partial charge in [0, 0.05) is 57.5 Å². The van der Waals surface area contributed by atoms with E-state index in [2.05, 4.69) is 25.0 Å². The Hall–Kier alpha value is -2.78. The number of likely N-dealkylation sites (N-methyl/N-ethyl adjacent to an activating group) is 1. The molecule has 3 aromatic heterocycles. The van der Waals surface area contributed by atoms with Crippen molar-refractivity contribution in [1.82, 2.24) is 14.8 Å². The fourth-order valence-corrected chi connectivity index (χ4v) is 8.74. The third-order valence-corrected chi connectivity index (χ3v) is 11.7. The van der Waals surface area contributed by atoms with Gasteiger partial charge in [0.05, 0.1) is 11.8 Å². The number of hydrogen-bond donors (Lipinski definition) is 2. The molecular weight excluding hydrogens is 642 g/mol. The Morgan fingerprint density at radius 2 is 1.93 bits per heavy atom. The number of fused-ring (bicyclic) bond motifs is 1. The van der Waals surface area contributed by atoms with Gasteiger partial charge >= 0.3 is 0 Å². The van der Waals surface area contributed by atoms with Crippen molar-refractivity contribution in [1.29, 1.82) is 0 Å². The number of sulfone groups is 1. The van der Waals surface area contributed by atoms with Gasteiger partial charge in [-0.3, -0.25) is 14.5 Å².